The van der Waals surface area contributed by atoms with E-state index in [1.165, 1.54) is 0 Å². The lowest BCUT2D eigenvalue weighted by atomic mass is 10.0. The van der Waals surface area contributed by atoms with Gasteiger partial charge in [0.2, 0.25) is 0 Å². The van der Waals surface area contributed by atoms with E-state index in [4.69, 9.17) is 0 Å². The number of carbonyl (C=O) groups is 2. The van der Waals surface area contributed by atoms with E-state index in [1.807, 2.05) is 38.1 Å². The van der Waals surface area contributed by atoms with E-state index in [1.54, 1.807) is 24.4 Å². The zero-order chi connectivity index (χ0) is 19.0. The predicted molar refractivity (Wildman–Crippen MR) is 106 cm³/mol. The van der Waals surface area contributed by atoms with Gasteiger partial charge in [-0.25, -0.2) is 4.79 Å². The molecule has 27 heavy (non-hydrogen) atoms. The van der Waals surface area contributed by atoms with Gasteiger partial charge in [0.25, 0.3) is 5.91 Å². The molecule has 7 nitrogen and oxygen atoms in total. The van der Waals surface area contributed by atoms with Gasteiger partial charge in [0.05, 0.1) is 11.7 Å². The highest BCUT2D eigenvalue weighted by Gasteiger charge is 2.24. The Morgan fingerprint density at radius 1 is 1.19 bits per heavy atom. The van der Waals surface area contributed by atoms with Crippen molar-refractivity contribution in [2.45, 2.75) is 19.9 Å². The Balaban J connectivity index is 1.66. The molecule has 0 aliphatic carbocycles. The number of nitrogens with zero attached hydrogens (tertiary/aromatic N) is 1. The minimum atomic E-state index is -0.280. The first-order valence-electron chi connectivity index (χ1n) is 8.68. The molecule has 0 saturated carbocycles. The standard InChI is InChI=1S/C20H19N5O2/c1-11(2)22-20(27)23-14-5-6-17-15(9-14)16(19(26)24-17)7-12-3-4-13-10-21-25-18(13)8-12/h3-11H,1-2H3,(H,21,25)(H,24,26)(H2,22,23,27). The van der Waals surface area contributed by atoms with Crippen LogP contribution < -0.4 is 16.0 Å². The van der Waals surface area contributed by atoms with Crippen LogP contribution in [0, 0.1) is 0 Å². The van der Waals surface area contributed by atoms with Gasteiger partial charge in [-0.3, -0.25) is 9.89 Å². The summed E-state index contributed by atoms with van der Waals surface area (Å²) in [4.78, 5) is 24.4. The Kier molecular flexibility index (Phi) is 4.12. The molecule has 0 unspecified atom stereocenters. The van der Waals surface area contributed by atoms with Crippen LogP contribution >= 0.6 is 0 Å². The number of rotatable bonds is 3. The van der Waals surface area contributed by atoms with Crippen molar-refractivity contribution in [3.63, 3.8) is 0 Å². The summed E-state index contributed by atoms with van der Waals surface area (Å²) >= 11 is 0. The van der Waals surface area contributed by atoms with Crippen LogP contribution in [0.15, 0.2) is 42.6 Å². The fourth-order valence-corrected chi connectivity index (χ4v) is 3.05. The van der Waals surface area contributed by atoms with Crippen molar-refractivity contribution >= 4 is 45.9 Å². The van der Waals surface area contributed by atoms with Crippen LogP contribution in [0.25, 0.3) is 22.6 Å². The van der Waals surface area contributed by atoms with Crippen LogP contribution in [0.2, 0.25) is 0 Å². The van der Waals surface area contributed by atoms with Crippen LogP contribution in [0.5, 0.6) is 0 Å². The fraction of sp³-hybridized carbons (Fsp3) is 0.150. The Hall–Kier alpha value is -3.61. The summed E-state index contributed by atoms with van der Waals surface area (Å²) in [6.07, 6.45) is 3.59. The molecule has 0 saturated heterocycles. The lowest BCUT2D eigenvalue weighted by Gasteiger charge is -2.11. The van der Waals surface area contributed by atoms with Gasteiger partial charge in [-0.2, -0.15) is 5.10 Å². The highest BCUT2D eigenvalue weighted by molar-refractivity contribution is 6.35. The quantitative estimate of drug-likeness (QED) is 0.537. The number of aromatic nitrogens is 2. The number of nitrogens with one attached hydrogen (secondary N) is 4. The Morgan fingerprint density at radius 3 is 2.85 bits per heavy atom. The van der Waals surface area contributed by atoms with Gasteiger partial charge in [-0.15, -0.1) is 0 Å². The maximum Gasteiger partial charge on any atom is 0.319 e. The smallest absolute Gasteiger partial charge is 0.319 e. The summed E-state index contributed by atoms with van der Waals surface area (Å²) < 4.78 is 0. The zero-order valence-electron chi connectivity index (χ0n) is 15.0. The van der Waals surface area contributed by atoms with Crippen LogP contribution in [0.3, 0.4) is 0 Å². The van der Waals surface area contributed by atoms with E-state index in [-0.39, 0.29) is 18.0 Å². The van der Waals surface area contributed by atoms with Crippen molar-refractivity contribution in [2.24, 2.45) is 0 Å². The molecule has 0 atom stereocenters. The molecule has 2 heterocycles. The third kappa shape index (κ3) is 3.39. The SMILES string of the molecule is CC(C)NC(=O)Nc1ccc2c(c1)C(=Cc1ccc3cn[nH]c3c1)C(=O)N2. The number of anilines is 2. The maximum atomic E-state index is 12.4. The van der Waals surface area contributed by atoms with E-state index in [0.29, 0.717) is 11.3 Å². The lowest BCUT2D eigenvalue weighted by molar-refractivity contribution is -0.110. The van der Waals surface area contributed by atoms with Crippen molar-refractivity contribution < 1.29 is 9.59 Å². The normalized spacial score (nSPS) is 14.5. The number of benzene rings is 2. The summed E-state index contributed by atoms with van der Waals surface area (Å²) in [5.74, 6) is -0.168. The number of amides is 3. The second kappa shape index (κ2) is 6.60. The summed E-state index contributed by atoms with van der Waals surface area (Å²) in [5, 5.41) is 16.4. The van der Waals surface area contributed by atoms with E-state index < -0.39 is 0 Å². The Bertz CT molecular complexity index is 1080. The molecular formula is C20H19N5O2. The average molecular weight is 361 g/mol. The first-order valence-corrected chi connectivity index (χ1v) is 8.68. The number of H-pyrrole nitrogens is 1. The second-order valence-electron chi connectivity index (χ2n) is 6.74. The van der Waals surface area contributed by atoms with E-state index >= 15 is 0 Å². The highest BCUT2D eigenvalue weighted by Crippen LogP contribution is 2.35. The molecule has 1 aromatic heterocycles. The van der Waals surface area contributed by atoms with Crippen LogP contribution in [0.1, 0.15) is 25.0 Å². The zero-order valence-corrected chi connectivity index (χ0v) is 15.0. The largest absolute Gasteiger partial charge is 0.336 e. The number of hydrogen-bond donors (Lipinski definition) is 4. The third-order valence-corrected chi connectivity index (χ3v) is 4.26. The molecule has 0 radical (unpaired) electrons. The van der Waals surface area contributed by atoms with Crippen molar-refractivity contribution in [3.05, 3.63) is 53.7 Å². The summed E-state index contributed by atoms with van der Waals surface area (Å²) in [7, 11) is 0. The monoisotopic (exact) mass is 361 g/mol. The third-order valence-electron chi connectivity index (χ3n) is 4.26. The fourth-order valence-electron chi connectivity index (χ4n) is 3.05. The van der Waals surface area contributed by atoms with Crippen molar-refractivity contribution in [2.75, 3.05) is 10.6 Å². The Morgan fingerprint density at radius 2 is 2.04 bits per heavy atom. The minimum absolute atomic E-state index is 0.0375. The topological polar surface area (TPSA) is 98.9 Å². The van der Waals surface area contributed by atoms with E-state index in [2.05, 4.69) is 26.1 Å². The molecule has 136 valence electrons. The number of fused-ring (bicyclic) bond motifs is 2. The van der Waals surface area contributed by atoms with Gasteiger partial charge >= 0.3 is 6.03 Å². The molecule has 0 fully saturated rings. The lowest BCUT2D eigenvalue weighted by Crippen LogP contribution is -2.34. The van der Waals surface area contributed by atoms with Gasteiger partial charge in [0.1, 0.15) is 0 Å². The molecule has 3 amide bonds. The first kappa shape index (κ1) is 16.8. The molecule has 4 N–H and O–H groups in total. The molecular weight excluding hydrogens is 342 g/mol. The summed E-state index contributed by atoms with van der Waals surface area (Å²) in [5.41, 5.74) is 4.45. The van der Waals surface area contributed by atoms with Crippen LogP contribution in [-0.4, -0.2) is 28.2 Å². The molecule has 1 aliphatic heterocycles. The highest BCUT2D eigenvalue weighted by atomic mass is 16.2. The average Bonchev–Trinajstić information content (AvgIpc) is 3.19. The van der Waals surface area contributed by atoms with Gasteiger partial charge < -0.3 is 16.0 Å². The maximum absolute atomic E-state index is 12.4. The summed E-state index contributed by atoms with van der Waals surface area (Å²) in [6, 6.07) is 10.9. The van der Waals surface area contributed by atoms with Crippen molar-refractivity contribution in [1.29, 1.82) is 0 Å². The summed E-state index contributed by atoms with van der Waals surface area (Å²) in [6.45, 7) is 3.78. The second-order valence-corrected chi connectivity index (χ2v) is 6.74. The number of aromatic amines is 1. The molecule has 0 spiro atoms. The molecule has 1 aliphatic rings. The Labute approximate surface area is 155 Å². The number of hydrogen-bond acceptors (Lipinski definition) is 3. The van der Waals surface area contributed by atoms with Gasteiger partial charge in [0, 0.05) is 33.9 Å². The molecule has 3 aromatic rings. The first-order chi connectivity index (χ1) is 13.0. The van der Waals surface area contributed by atoms with Gasteiger partial charge in [0.15, 0.2) is 0 Å². The van der Waals surface area contributed by atoms with Crippen molar-refractivity contribution in [1.82, 2.24) is 15.5 Å². The predicted octanol–water partition coefficient (Wildman–Crippen LogP) is 3.59. The van der Waals surface area contributed by atoms with Gasteiger partial charge in [-0.05, 0) is 49.8 Å². The van der Waals surface area contributed by atoms with Crippen molar-refractivity contribution in [3.8, 4) is 0 Å². The van der Waals surface area contributed by atoms with Crippen LogP contribution in [-0.2, 0) is 4.79 Å². The molecule has 0 bridgehead atoms. The number of carbonyl (C=O) groups excluding carboxylic acids is 2. The number of urea groups is 1. The minimum Gasteiger partial charge on any atom is -0.336 e. The molecule has 7 heteroatoms. The van der Waals surface area contributed by atoms with Crippen LogP contribution in [0.4, 0.5) is 16.2 Å². The van der Waals surface area contributed by atoms with E-state index in [9.17, 15) is 9.59 Å². The van der Waals surface area contributed by atoms with E-state index in [0.717, 1.165) is 27.7 Å². The molecule has 4 rings (SSSR count). The van der Waals surface area contributed by atoms with Gasteiger partial charge in [-0.1, -0.05) is 12.1 Å². The molecule has 2 aromatic carbocycles.